The van der Waals surface area contributed by atoms with Gasteiger partial charge in [-0.3, -0.25) is 4.79 Å². The highest BCUT2D eigenvalue weighted by Gasteiger charge is 2.30. The number of nitrogens with zero attached hydrogens (tertiary/aromatic N) is 1. The molecule has 0 radical (unpaired) electrons. The number of ether oxygens (including phenoxy) is 1. The molecule has 17 heavy (non-hydrogen) atoms. The standard InChI is InChI=1S/C13H16INO2/c1-3-17-12-8-9(4-7-11(12)14)13(16)15(2)10-5-6-10/h4,7-8,10H,3,5-6H2,1-2H3. The highest BCUT2D eigenvalue weighted by atomic mass is 127. The lowest BCUT2D eigenvalue weighted by Crippen LogP contribution is -2.28. The second-order valence-electron chi connectivity index (χ2n) is 4.23. The molecule has 1 aliphatic rings. The fourth-order valence-corrected chi connectivity index (χ4v) is 2.22. The Morgan fingerprint density at radius 1 is 1.53 bits per heavy atom. The maximum Gasteiger partial charge on any atom is 0.253 e. The van der Waals surface area contributed by atoms with Gasteiger partial charge in [0.1, 0.15) is 5.75 Å². The van der Waals surface area contributed by atoms with Crippen LogP contribution in [0.2, 0.25) is 0 Å². The largest absolute Gasteiger partial charge is 0.493 e. The van der Waals surface area contributed by atoms with E-state index in [1.807, 2.05) is 37.1 Å². The van der Waals surface area contributed by atoms with Crippen molar-refractivity contribution in [3.05, 3.63) is 27.3 Å². The van der Waals surface area contributed by atoms with Gasteiger partial charge < -0.3 is 9.64 Å². The van der Waals surface area contributed by atoms with Crippen LogP contribution in [-0.2, 0) is 0 Å². The van der Waals surface area contributed by atoms with E-state index >= 15 is 0 Å². The van der Waals surface area contributed by atoms with Crippen molar-refractivity contribution in [1.82, 2.24) is 4.90 Å². The summed E-state index contributed by atoms with van der Waals surface area (Å²) in [7, 11) is 1.87. The van der Waals surface area contributed by atoms with E-state index in [-0.39, 0.29) is 5.91 Å². The molecule has 0 spiro atoms. The van der Waals surface area contributed by atoms with Crippen LogP contribution in [0, 0.1) is 3.57 Å². The molecule has 1 fully saturated rings. The fourth-order valence-electron chi connectivity index (χ4n) is 1.73. The molecule has 0 unspecified atom stereocenters. The number of hydrogen-bond acceptors (Lipinski definition) is 2. The molecule has 0 N–H and O–H groups in total. The van der Waals surface area contributed by atoms with Crippen LogP contribution in [0.3, 0.4) is 0 Å². The lowest BCUT2D eigenvalue weighted by atomic mass is 10.2. The topological polar surface area (TPSA) is 29.5 Å². The maximum atomic E-state index is 12.2. The Kier molecular flexibility index (Phi) is 3.91. The average Bonchev–Trinajstić information content (AvgIpc) is 3.14. The SMILES string of the molecule is CCOc1cc(C(=O)N(C)C2CC2)ccc1I. The van der Waals surface area contributed by atoms with Crippen molar-refractivity contribution in [3.8, 4) is 5.75 Å². The van der Waals surface area contributed by atoms with E-state index in [4.69, 9.17) is 4.74 Å². The molecule has 0 aliphatic heterocycles. The summed E-state index contributed by atoms with van der Waals surface area (Å²) in [4.78, 5) is 14.0. The molecule has 1 aromatic rings. The maximum absolute atomic E-state index is 12.2. The minimum Gasteiger partial charge on any atom is -0.493 e. The minimum absolute atomic E-state index is 0.0878. The lowest BCUT2D eigenvalue weighted by molar-refractivity contribution is 0.0784. The van der Waals surface area contributed by atoms with Crippen LogP contribution in [0.25, 0.3) is 0 Å². The van der Waals surface area contributed by atoms with Gasteiger partial charge in [0.25, 0.3) is 5.91 Å². The zero-order chi connectivity index (χ0) is 12.4. The van der Waals surface area contributed by atoms with Crippen LogP contribution in [0.1, 0.15) is 30.1 Å². The van der Waals surface area contributed by atoms with Gasteiger partial charge in [0.15, 0.2) is 0 Å². The lowest BCUT2D eigenvalue weighted by Gasteiger charge is -2.17. The summed E-state index contributed by atoms with van der Waals surface area (Å²) in [6.45, 7) is 2.56. The van der Waals surface area contributed by atoms with Crippen LogP contribution in [-0.4, -0.2) is 30.5 Å². The van der Waals surface area contributed by atoms with E-state index in [1.165, 1.54) is 0 Å². The highest BCUT2D eigenvalue weighted by molar-refractivity contribution is 14.1. The molecule has 0 aromatic heterocycles. The normalized spacial score (nSPS) is 14.5. The smallest absolute Gasteiger partial charge is 0.253 e. The van der Waals surface area contributed by atoms with Crippen molar-refractivity contribution in [1.29, 1.82) is 0 Å². The van der Waals surface area contributed by atoms with Gasteiger partial charge >= 0.3 is 0 Å². The molecule has 1 aliphatic carbocycles. The van der Waals surface area contributed by atoms with E-state index in [1.54, 1.807) is 0 Å². The van der Waals surface area contributed by atoms with Gasteiger partial charge in [-0.15, -0.1) is 0 Å². The number of carbonyl (C=O) groups is 1. The van der Waals surface area contributed by atoms with Crippen molar-refractivity contribution in [2.45, 2.75) is 25.8 Å². The van der Waals surface area contributed by atoms with Gasteiger partial charge in [0.05, 0.1) is 10.2 Å². The van der Waals surface area contributed by atoms with E-state index in [0.717, 1.165) is 22.2 Å². The van der Waals surface area contributed by atoms with Gasteiger partial charge in [-0.25, -0.2) is 0 Å². The van der Waals surface area contributed by atoms with E-state index < -0.39 is 0 Å². The van der Waals surface area contributed by atoms with Crippen molar-refractivity contribution in [3.63, 3.8) is 0 Å². The molecule has 0 saturated heterocycles. The van der Waals surface area contributed by atoms with Crippen molar-refractivity contribution >= 4 is 28.5 Å². The Morgan fingerprint density at radius 2 is 2.24 bits per heavy atom. The molecule has 1 saturated carbocycles. The Labute approximate surface area is 115 Å². The molecule has 0 heterocycles. The quantitative estimate of drug-likeness (QED) is 0.786. The molecule has 3 nitrogen and oxygen atoms in total. The van der Waals surface area contributed by atoms with Gasteiger partial charge in [0, 0.05) is 18.7 Å². The molecule has 0 bridgehead atoms. The third-order valence-corrected chi connectivity index (χ3v) is 3.78. The summed E-state index contributed by atoms with van der Waals surface area (Å²) in [5, 5.41) is 0. The number of carbonyl (C=O) groups excluding carboxylic acids is 1. The molecule has 4 heteroatoms. The van der Waals surface area contributed by atoms with Crippen LogP contribution in [0.15, 0.2) is 18.2 Å². The Balaban J connectivity index is 2.19. The summed E-state index contributed by atoms with van der Waals surface area (Å²) in [5.41, 5.74) is 0.711. The first-order valence-corrected chi connectivity index (χ1v) is 6.91. The first-order valence-electron chi connectivity index (χ1n) is 5.83. The molecule has 1 aromatic carbocycles. The molecule has 2 rings (SSSR count). The number of amides is 1. The van der Waals surface area contributed by atoms with Crippen molar-refractivity contribution < 1.29 is 9.53 Å². The Bertz CT molecular complexity index is 429. The van der Waals surface area contributed by atoms with Crippen molar-refractivity contribution in [2.75, 3.05) is 13.7 Å². The summed E-state index contributed by atoms with van der Waals surface area (Å²) < 4.78 is 6.54. The average molecular weight is 345 g/mol. The zero-order valence-corrected chi connectivity index (χ0v) is 12.2. The van der Waals surface area contributed by atoms with Crippen LogP contribution >= 0.6 is 22.6 Å². The van der Waals surface area contributed by atoms with Crippen LogP contribution in [0.5, 0.6) is 5.75 Å². The number of benzene rings is 1. The molecular weight excluding hydrogens is 329 g/mol. The number of rotatable bonds is 4. The summed E-state index contributed by atoms with van der Waals surface area (Å²) in [5.74, 6) is 0.882. The zero-order valence-electron chi connectivity index (χ0n) is 10.1. The number of halogens is 1. The van der Waals surface area contributed by atoms with Gasteiger partial charge in [-0.05, 0) is 60.6 Å². The first-order chi connectivity index (χ1) is 8.13. The molecule has 0 atom stereocenters. The van der Waals surface area contributed by atoms with E-state index in [9.17, 15) is 4.79 Å². The monoisotopic (exact) mass is 345 g/mol. The van der Waals surface area contributed by atoms with Gasteiger partial charge in [-0.1, -0.05) is 0 Å². The summed E-state index contributed by atoms with van der Waals surface area (Å²) in [6, 6.07) is 6.08. The molecule has 92 valence electrons. The van der Waals surface area contributed by atoms with E-state index in [0.29, 0.717) is 18.2 Å². The molecule has 1 amide bonds. The summed E-state index contributed by atoms with van der Waals surface area (Å²) >= 11 is 2.22. The first kappa shape index (κ1) is 12.7. The third-order valence-electron chi connectivity index (χ3n) is 2.89. The van der Waals surface area contributed by atoms with E-state index in [2.05, 4.69) is 22.6 Å². The summed E-state index contributed by atoms with van der Waals surface area (Å²) in [6.07, 6.45) is 2.26. The fraction of sp³-hybridized carbons (Fsp3) is 0.462. The van der Waals surface area contributed by atoms with Crippen LogP contribution in [0.4, 0.5) is 0 Å². The third kappa shape index (κ3) is 2.91. The van der Waals surface area contributed by atoms with Gasteiger partial charge in [0.2, 0.25) is 0 Å². The predicted molar refractivity (Wildman–Crippen MR) is 75.4 cm³/mol. The van der Waals surface area contributed by atoms with Crippen molar-refractivity contribution in [2.24, 2.45) is 0 Å². The second kappa shape index (κ2) is 5.25. The minimum atomic E-state index is 0.0878. The van der Waals surface area contributed by atoms with Gasteiger partial charge in [-0.2, -0.15) is 0 Å². The second-order valence-corrected chi connectivity index (χ2v) is 5.39. The van der Waals surface area contributed by atoms with Crippen LogP contribution < -0.4 is 4.74 Å². The Hall–Kier alpha value is -0.780. The highest BCUT2D eigenvalue weighted by Crippen LogP contribution is 2.28. The molecular formula is C13H16INO2. The Morgan fingerprint density at radius 3 is 2.82 bits per heavy atom. The predicted octanol–water partition coefficient (Wildman–Crippen LogP) is 2.92. The number of hydrogen-bond donors (Lipinski definition) is 0.